The molecule has 112 valence electrons. The van der Waals surface area contributed by atoms with E-state index in [1.54, 1.807) is 6.07 Å². The van der Waals surface area contributed by atoms with Gasteiger partial charge >= 0.3 is 0 Å². The van der Waals surface area contributed by atoms with Crippen molar-refractivity contribution in [3.63, 3.8) is 0 Å². The first kappa shape index (κ1) is 15.5. The van der Waals surface area contributed by atoms with Gasteiger partial charge in [0.15, 0.2) is 0 Å². The summed E-state index contributed by atoms with van der Waals surface area (Å²) in [4.78, 5) is 0. The largest absolute Gasteiger partial charge is 0.324 e. The van der Waals surface area contributed by atoms with Crippen molar-refractivity contribution in [2.75, 3.05) is 0 Å². The van der Waals surface area contributed by atoms with Crippen LogP contribution >= 0.6 is 0 Å². The van der Waals surface area contributed by atoms with E-state index in [1.807, 2.05) is 19.1 Å². The number of nitrogens with two attached hydrogens (primary N) is 1. The fourth-order valence-electron chi connectivity index (χ4n) is 3.52. The molecule has 0 aromatic heterocycles. The zero-order chi connectivity index (χ0) is 14.9. The van der Waals surface area contributed by atoms with Crippen LogP contribution in [0.5, 0.6) is 0 Å². The minimum Gasteiger partial charge on any atom is -0.324 e. The van der Waals surface area contributed by atoms with Crippen molar-refractivity contribution in [3.8, 4) is 0 Å². The normalized spacial score (nSPS) is 25.5. The van der Waals surface area contributed by atoms with Crippen LogP contribution in [0.25, 0.3) is 0 Å². The van der Waals surface area contributed by atoms with Crippen LogP contribution in [0.1, 0.15) is 63.6 Å². The van der Waals surface area contributed by atoms with Crippen molar-refractivity contribution in [1.29, 1.82) is 0 Å². The summed E-state index contributed by atoms with van der Waals surface area (Å²) in [7, 11) is 0. The second-order valence-corrected chi connectivity index (χ2v) is 7.53. The van der Waals surface area contributed by atoms with Crippen molar-refractivity contribution in [3.05, 3.63) is 35.1 Å². The SMILES string of the molecule is Cc1ccc(F)c(C(N)C2CCC(C(C)(C)C)CC2)c1. The summed E-state index contributed by atoms with van der Waals surface area (Å²) in [5.74, 6) is 1.04. The Balaban J connectivity index is 2.05. The molecule has 0 heterocycles. The Bertz CT molecular complexity index is 453. The maximum atomic E-state index is 14.0. The van der Waals surface area contributed by atoms with E-state index < -0.39 is 0 Å². The monoisotopic (exact) mass is 277 g/mol. The van der Waals surface area contributed by atoms with Crippen LogP contribution < -0.4 is 5.73 Å². The zero-order valence-electron chi connectivity index (χ0n) is 13.2. The van der Waals surface area contributed by atoms with Gasteiger partial charge in [-0.3, -0.25) is 0 Å². The quantitative estimate of drug-likeness (QED) is 0.810. The van der Waals surface area contributed by atoms with Crippen LogP contribution in [0.3, 0.4) is 0 Å². The molecule has 1 saturated carbocycles. The summed E-state index contributed by atoms with van der Waals surface area (Å²) in [6.45, 7) is 8.95. The van der Waals surface area contributed by atoms with E-state index in [-0.39, 0.29) is 11.9 Å². The van der Waals surface area contributed by atoms with Crippen LogP contribution in [0.15, 0.2) is 18.2 Å². The Morgan fingerprint density at radius 3 is 2.30 bits per heavy atom. The van der Waals surface area contributed by atoms with Gasteiger partial charge in [0.05, 0.1) is 0 Å². The van der Waals surface area contributed by atoms with Crippen LogP contribution in [0, 0.1) is 30.0 Å². The average Bonchev–Trinajstić information content (AvgIpc) is 2.40. The number of hydrogen-bond donors (Lipinski definition) is 1. The Kier molecular flexibility index (Phi) is 4.53. The predicted octanol–water partition coefficient (Wildman–Crippen LogP) is 4.99. The maximum absolute atomic E-state index is 14.0. The summed E-state index contributed by atoms with van der Waals surface area (Å²) < 4.78 is 14.0. The fraction of sp³-hybridized carbons (Fsp3) is 0.667. The highest BCUT2D eigenvalue weighted by molar-refractivity contribution is 5.27. The van der Waals surface area contributed by atoms with E-state index >= 15 is 0 Å². The number of benzene rings is 1. The van der Waals surface area contributed by atoms with E-state index in [4.69, 9.17) is 5.73 Å². The molecule has 1 aromatic rings. The molecule has 0 bridgehead atoms. The smallest absolute Gasteiger partial charge is 0.127 e. The highest BCUT2D eigenvalue weighted by Gasteiger charge is 2.32. The van der Waals surface area contributed by atoms with E-state index in [0.29, 0.717) is 16.9 Å². The lowest BCUT2D eigenvalue weighted by atomic mass is 9.68. The molecular formula is C18H28FN. The average molecular weight is 277 g/mol. The third-order valence-electron chi connectivity index (χ3n) is 5.02. The third-order valence-corrected chi connectivity index (χ3v) is 5.02. The van der Waals surface area contributed by atoms with Crippen LogP contribution in [0.2, 0.25) is 0 Å². The number of rotatable bonds is 2. The van der Waals surface area contributed by atoms with Crippen LogP contribution in [-0.4, -0.2) is 0 Å². The van der Waals surface area contributed by atoms with Crippen LogP contribution in [0.4, 0.5) is 4.39 Å². The summed E-state index contributed by atoms with van der Waals surface area (Å²) in [5, 5.41) is 0. The van der Waals surface area contributed by atoms with Gasteiger partial charge in [-0.2, -0.15) is 0 Å². The lowest BCUT2D eigenvalue weighted by Crippen LogP contribution is -2.31. The van der Waals surface area contributed by atoms with E-state index in [0.717, 1.165) is 24.3 Å². The topological polar surface area (TPSA) is 26.0 Å². The number of aryl methyl sites for hydroxylation is 1. The first-order valence-corrected chi connectivity index (χ1v) is 7.80. The van der Waals surface area contributed by atoms with Gasteiger partial charge in [-0.1, -0.05) is 38.5 Å². The Labute approximate surface area is 122 Å². The Morgan fingerprint density at radius 2 is 1.75 bits per heavy atom. The Morgan fingerprint density at radius 1 is 1.15 bits per heavy atom. The van der Waals surface area contributed by atoms with Gasteiger partial charge in [-0.15, -0.1) is 0 Å². The van der Waals surface area contributed by atoms with Crippen LogP contribution in [-0.2, 0) is 0 Å². The molecule has 1 aliphatic rings. The van der Waals surface area contributed by atoms with Gasteiger partial charge < -0.3 is 5.73 Å². The summed E-state index contributed by atoms with van der Waals surface area (Å²) in [5.41, 5.74) is 8.51. The Hall–Kier alpha value is -0.890. The number of hydrogen-bond acceptors (Lipinski definition) is 1. The molecule has 1 unspecified atom stereocenters. The molecule has 20 heavy (non-hydrogen) atoms. The molecule has 0 amide bonds. The van der Waals surface area contributed by atoms with Crippen molar-refractivity contribution in [2.24, 2.45) is 23.0 Å². The minimum absolute atomic E-state index is 0.152. The minimum atomic E-state index is -0.157. The standard InChI is InChI=1S/C18H28FN/c1-12-5-10-16(19)15(11-12)17(20)13-6-8-14(9-7-13)18(2,3)4/h5,10-11,13-14,17H,6-9,20H2,1-4H3. The molecule has 0 aliphatic heterocycles. The second kappa shape index (κ2) is 5.85. The molecule has 1 aliphatic carbocycles. The molecule has 2 heteroatoms. The van der Waals surface area contributed by atoms with Crippen molar-refractivity contribution >= 4 is 0 Å². The fourth-order valence-corrected chi connectivity index (χ4v) is 3.52. The van der Waals surface area contributed by atoms with E-state index in [2.05, 4.69) is 20.8 Å². The lowest BCUT2D eigenvalue weighted by Gasteiger charge is -2.38. The molecule has 0 spiro atoms. The molecule has 0 radical (unpaired) electrons. The highest BCUT2D eigenvalue weighted by Crippen LogP contribution is 2.43. The number of halogens is 1. The molecule has 0 saturated heterocycles. The molecule has 1 nitrogen and oxygen atoms in total. The third kappa shape index (κ3) is 3.41. The van der Waals surface area contributed by atoms with Gasteiger partial charge in [-0.25, -0.2) is 4.39 Å². The molecular weight excluding hydrogens is 249 g/mol. The molecule has 2 N–H and O–H groups in total. The van der Waals surface area contributed by atoms with Gasteiger partial charge in [0.2, 0.25) is 0 Å². The summed E-state index contributed by atoms with van der Waals surface area (Å²) in [6.07, 6.45) is 4.68. The molecule has 1 aromatic carbocycles. The van der Waals surface area contributed by atoms with Crippen molar-refractivity contribution in [1.82, 2.24) is 0 Å². The molecule has 1 atom stereocenters. The molecule has 1 fully saturated rings. The highest BCUT2D eigenvalue weighted by atomic mass is 19.1. The first-order valence-electron chi connectivity index (χ1n) is 7.80. The van der Waals surface area contributed by atoms with E-state index in [1.165, 1.54) is 12.8 Å². The lowest BCUT2D eigenvalue weighted by molar-refractivity contribution is 0.139. The van der Waals surface area contributed by atoms with Gasteiger partial charge in [0, 0.05) is 11.6 Å². The summed E-state index contributed by atoms with van der Waals surface area (Å²) >= 11 is 0. The van der Waals surface area contributed by atoms with Gasteiger partial charge in [0.25, 0.3) is 0 Å². The molecule has 2 rings (SSSR count). The van der Waals surface area contributed by atoms with Gasteiger partial charge in [-0.05, 0) is 55.9 Å². The van der Waals surface area contributed by atoms with Crippen molar-refractivity contribution in [2.45, 2.75) is 59.4 Å². The second-order valence-electron chi connectivity index (χ2n) is 7.53. The predicted molar refractivity (Wildman–Crippen MR) is 83.0 cm³/mol. The van der Waals surface area contributed by atoms with Crippen molar-refractivity contribution < 1.29 is 4.39 Å². The van der Waals surface area contributed by atoms with E-state index in [9.17, 15) is 4.39 Å². The summed E-state index contributed by atoms with van der Waals surface area (Å²) in [6, 6.07) is 5.11. The maximum Gasteiger partial charge on any atom is 0.127 e. The zero-order valence-corrected chi connectivity index (χ0v) is 13.2. The first-order chi connectivity index (χ1) is 9.29. The van der Waals surface area contributed by atoms with Gasteiger partial charge in [0.1, 0.15) is 5.82 Å².